The molecule has 208 valence electrons. The molecule has 3 aromatic rings. The van der Waals surface area contributed by atoms with Crippen LogP contribution in [0, 0.1) is 5.92 Å². The highest BCUT2D eigenvalue weighted by Gasteiger charge is 2.33. The van der Waals surface area contributed by atoms with Crippen LogP contribution in [0.2, 0.25) is 0 Å². The SMILES string of the molecule is CCc1c(CO)cccc1Nc1c(C(N)=O)cnc2cc(OCCCN(C(=O)C(C)C)C3CC3)c(OC)cc12. The van der Waals surface area contributed by atoms with Crippen molar-refractivity contribution in [1.82, 2.24) is 9.88 Å². The highest BCUT2D eigenvalue weighted by Crippen LogP contribution is 2.38. The number of primary amides is 1. The number of nitrogens with two attached hydrogens (primary N) is 1. The minimum atomic E-state index is -0.612. The van der Waals surface area contributed by atoms with E-state index in [1.165, 1.54) is 6.20 Å². The van der Waals surface area contributed by atoms with Gasteiger partial charge in [0.1, 0.15) is 0 Å². The first kappa shape index (κ1) is 28.2. The number of aromatic nitrogens is 1. The zero-order chi connectivity index (χ0) is 28.1. The minimum absolute atomic E-state index is 0.0224. The molecule has 1 aliphatic rings. The topological polar surface area (TPSA) is 127 Å². The number of carbonyl (C=O) groups excluding carboxylic acids is 2. The maximum atomic E-state index is 12.6. The van der Waals surface area contributed by atoms with E-state index in [1.54, 1.807) is 19.2 Å². The summed E-state index contributed by atoms with van der Waals surface area (Å²) in [6.45, 7) is 6.85. The van der Waals surface area contributed by atoms with E-state index < -0.39 is 5.91 Å². The molecule has 1 saturated carbocycles. The average molecular weight is 535 g/mol. The zero-order valence-corrected chi connectivity index (χ0v) is 23.1. The Hall–Kier alpha value is -3.85. The number of nitrogens with zero attached hydrogens (tertiary/aromatic N) is 2. The quantitative estimate of drug-likeness (QED) is 0.274. The highest BCUT2D eigenvalue weighted by atomic mass is 16.5. The number of ether oxygens (including phenoxy) is 2. The van der Waals surface area contributed by atoms with Gasteiger partial charge in [-0.05, 0) is 48.9 Å². The normalized spacial score (nSPS) is 13.0. The molecule has 2 amide bonds. The van der Waals surface area contributed by atoms with E-state index in [0.29, 0.717) is 60.1 Å². The molecule has 9 heteroatoms. The number of pyridine rings is 1. The van der Waals surface area contributed by atoms with Gasteiger partial charge in [0.2, 0.25) is 5.91 Å². The number of methoxy groups -OCH3 is 1. The highest BCUT2D eigenvalue weighted by molar-refractivity contribution is 6.08. The Bertz CT molecular complexity index is 1350. The monoisotopic (exact) mass is 534 g/mol. The number of benzene rings is 2. The first-order valence-corrected chi connectivity index (χ1v) is 13.5. The maximum absolute atomic E-state index is 12.6. The minimum Gasteiger partial charge on any atom is -0.493 e. The van der Waals surface area contributed by atoms with E-state index in [0.717, 1.165) is 29.7 Å². The lowest BCUT2D eigenvalue weighted by Gasteiger charge is -2.24. The Morgan fingerprint density at radius 3 is 2.62 bits per heavy atom. The molecule has 0 atom stereocenters. The lowest BCUT2D eigenvalue weighted by Crippen LogP contribution is -2.37. The van der Waals surface area contributed by atoms with Crippen molar-refractivity contribution in [3.05, 3.63) is 53.2 Å². The van der Waals surface area contributed by atoms with Crippen molar-refractivity contribution < 1.29 is 24.2 Å². The van der Waals surface area contributed by atoms with Gasteiger partial charge < -0.3 is 30.5 Å². The fraction of sp³-hybridized carbons (Fsp3) is 0.433. The summed E-state index contributed by atoms with van der Waals surface area (Å²) in [4.78, 5) is 31.4. The third-order valence-corrected chi connectivity index (χ3v) is 7.04. The second-order valence-corrected chi connectivity index (χ2v) is 10.1. The summed E-state index contributed by atoms with van der Waals surface area (Å²) in [5.74, 6) is 0.571. The first-order valence-electron chi connectivity index (χ1n) is 13.5. The van der Waals surface area contributed by atoms with Crippen molar-refractivity contribution in [2.75, 3.05) is 25.6 Å². The van der Waals surface area contributed by atoms with Crippen molar-refractivity contribution in [1.29, 1.82) is 0 Å². The Kier molecular flexibility index (Phi) is 8.91. The molecule has 1 fully saturated rings. The van der Waals surface area contributed by atoms with Crippen LogP contribution in [0.1, 0.15) is 61.5 Å². The smallest absolute Gasteiger partial charge is 0.252 e. The van der Waals surface area contributed by atoms with Gasteiger partial charge >= 0.3 is 0 Å². The summed E-state index contributed by atoms with van der Waals surface area (Å²) in [5.41, 5.74) is 9.60. The molecule has 4 N–H and O–H groups in total. The van der Waals surface area contributed by atoms with E-state index >= 15 is 0 Å². The van der Waals surface area contributed by atoms with Crippen molar-refractivity contribution in [3.8, 4) is 11.5 Å². The third kappa shape index (κ3) is 6.25. The predicted octanol–water partition coefficient (Wildman–Crippen LogP) is 4.56. The van der Waals surface area contributed by atoms with Gasteiger partial charge in [-0.2, -0.15) is 0 Å². The second-order valence-electron chi connectivity index (χ2n) is 10.1. The van der Waals surface area contributed by atoms with Gasteiger partial charge in [-0.25, -0.2) is 0 Å². The standard InChI is InChI=1S/C30H38N4O5/c1-5-21-19(17-35)8-6-9-24(21)33-28-22-14-26(38-4)27(15-25(22)32-16-23(28)29(31)36)39-13-7-12-34(20-10-11-20)30(37)18(2)3/h6,8-9,14-16,18,20,35H,5,7,10-13,17H2,1-4H3,(H2,31,36)(H,32,33). The molecule has 1 aromatic heterocycles. The number of aliphatic hydroxyl groups is 1. The van der Waals surface area contributed by atoms with E-state index in [1.807, 2.05) is 43.9 Å². The van der Waals surface area contributed by atoms with Crippen LogP contribution >= 0.6 is 0 Å². The number of anilines is 2. The Morgan fingerprint density at radius 2 is 2.00 bits per heavy atom. The van der Waals surface area contributed by atoms with E-state index in [9.17, 15) is 14.7 Å². The molecule has 0 spiro atoms. The van der Waals surface area contributed by atoms with Crippen molar-refractivity contribution in [2.24, 2.45) is 11.7 Å². The number of nitrogens with one attached hydrogen (secondary N) is 1. The molecule has 9 nitrogen and oxygen atoms in total. The predicted molar refractivity (Wildman–Crippen MR) is 152 cm³/mol. The van der Waals surface area contributed by atoms with E-state index in [-0.39, 0.29) is 24.0 Å². The van der Waals surface area contributed by atoms with Crippen molar-refractivity contribution >= 4 is 34.1 Å². The molecule has 0 unspecified atom stereocenters. The molecule has 0 saturated heterocycles. The number of hydrogen-bond acceptors (Lipinski definition) is 7. The summed E-state index contributed by atoms with van der Waals surface area (Å²) in [6.07, 6.45) is 4.97. The van der Waals surface area contributed by atoms with E-state index in [4.69, 9.17) is 15.2 Å². The number of fused-ring (bicyclic) bond motifs is 1. The van der Waals surface area contributed by atoms with E-state index in [2.05, 4.69) is 10.3 Å². The summed E-state index contributed by atoms with van der Waals surface area (Å²) in [6, 6.07) is 9.56. The lowest BCUT2D eigenvalue weighted by atomic mass is 10.0. The number of amides is 2. The summed E-state index contributed by atoms with van der Waals surface area (Å²) in [5, 5.41) is 13.8. The van der Waals surface area contributed by atoms with Gasteiger partial charge in [-0.1, -0.05) is 32.9 Å². The van der Waals surface area contributed by atoms with Gasteiger partial charge in [-0.15, -0.1) is 0 Å². The Balaban J connectivity index is 1.61. The first-order chi connectivity index (χ1) is 18.8. The fourth-order valence-corrected chi connectivity index (χ4v) is 4.85. The van der Waals surface area contributed by atoms with Crippen molar-refractivity contribution in [3.63, 3.8) is 0 Å². The molecule has 39 heavy (non-hydrogen) atoms. The summed E-state index contributed by atoms with van der Waals surface area (Å²) in [7, 11) is 1.56. The lowest BCUT2D eigenvalue weighted by molar-refractivity contribution is -0.135. The fourth-order valence-electron chi connectivity index (χ4n) is 4.85. The number of rotatable bonds is 13. The number of carbonyl (C=O) groups is 2. The molecule has 0 bridgehead atoms. The van der Waals surface area contributed by atoms with Crippen LogP contribution in [-0.2, 0) is 17.8 Å². The average Bonchev–Trinajstić information content (AvgIpc) is 3.77. The summed E-state index contributed by atoms with van der Waals surface area (Å²) >= 11 is 0. The number of hydrogen-bond donors (Lipinski definition) is 3. The molecule has 1 heterocycles. The van der Waals surface area contributed by atoms with Gasteiger partial charge in [0, 0.05) is 41.8 Å². The molecule has 0 radical (unpaired) electrons. The van der Waals surface area contributed by atoms with Crippen LogP contribution < -0.4 is 20.5 Å². The Morgan fingerprint density at radius 1 is 1.23 bits per heavy atom. The van der Waals surface area contributed by atoms with Crippen molar-refractivity contribution in [2.45, 2.75) is 59.1 Å². The summed E-state index contributed by atoms with van der Waals surface area (Å²) < 4.78 is 11.7. The second kappa shape index (κ2) is 12.3. The van der Waals surface area contributed by atoms with Crippen LogP contribution in [0.25, 0.3) is 10.9 Å². The number of aliphatic hydroxyl groups excluding tert-OH is 1. The molecule has 4 rings (SSSR count). The van der Waals surface area contributed by atoms with Crippen LogP contribution in [-0.4, -0.2) is 53.1 Å². The Labute approximate surface area is 229 Å². The molecule has 2 aromatic carbocycles. The molecule has 0 aliphatic heterocycles. The molecule has 1 aliphatic carbocycles. The van der Waals surface area contributed by atoms with Gasteiger partial charge in [0.05, 0.1) is 37.1 Å². The third-order valence-electron chi connectivity index (χ3n) is 7.04. The molecular weight excluding hydrogens is 496 g/mol. The van der Waals surface area contributed by atoms with Crippen LogP contribution in [0.5, 0.6) is 11.5 Å². The van der Waals surface area contributed by atoms with Crippen LogP contribution in [0.3, 0.4) is 0 Å². The van der Waals surface area contributed by atoms with Crippen LogP contribution in [0.15, 0.2) is 36.5 Å². The zero-order valence-electron chi connectivity index (χ0n) is 23.1. The van der Waals surface area contributed by atoms with Gasteiger partial charge in [-0.3, -0.25) is 14.6 Å². The molecular formula is C30H38N4O5. The van der Waals surface area contributed by atoms with Gasteiger partial charge in [0.25, 0.3) is 5.91 Å². The maximum Gasteiger partial charge on any atom is 0.252 e. The van der Waals surface area contributed by atoms with Crippen LogP contribution in [0.4, 0.5) is 11.4 Å². The largest absolute Gasteiger partial charge is 0.493 e. The van der Waals surface area contributed by atoms with Gasteiger partial charge in [0.15, 0.2) is 11.5 Å².